The molecule has 140 valence electrons. The molecule has 25 heavy (non-hydrogen) atoms. The number of ether oxygens (including phenoxy) is 3. The lowest BCUT2D eigenvalue weighted by molar-refractivity contribution is -0.120. The lowest BCUT2D eigenvalue weighted by atomic mass is 10.1. The van der Waals surface area contributed by atoms with Crippen LogP contribution in [0.5, 0.6) is 17.2 Å². The van der Waals surface area contributed by atoms with Gasteiger partial charge >= 0.3 is 0 Å². The minimum Gasteiger partial charge on any atom is -0.493 e. The predicted molar refractivity (Wildman–Crippen MR) is 95.5 cm³/mol. The van der Waals surface area contributed by atoms with Crippen molar-refractivity contribution < 1.29 is 23.8 Å². The molecule has 0 spiro atoms. The van der Waals surface area contributed by atoms with E-state index in [0.717, 1.165) is 12.8 Å². The average Bonchev–Trinajstić information content (AvgIpc) is 2.61. The van der Waals surface area contributed by atoms with E-state index >= 15 is 0 Å². The molecule has 0 aromatic heterocycles. The van der Waals surface area contributed by atoms with E-state index in [4.69, 9.17) is 14.2 Å². The minimum absolute atomic E-state index is 0.0861. The van der Waals surface area contributed by atoms with Gasteiger partial charge in [0.25, 0.3) is 5.91 Å². The van der Waals surface area contributed by atoms with E-state index in [1.807, 2.05) is 0 Å². The molecule has 0 unspecified atom stereocenters. The molecule has 0 radical (unpaired) electrons. The fraction of sp³-hybridized carbons (Fsp3) is 0.556. The highest BCUT2D eigenvalue weighted by Gasteiger charge is 2.17. The van der Waals surface area contributed by atoms with E-state index in [9.17, 15) is 9.59 Å². The molecule has 0 bridgehead atoms. The molecule has 0 saturated heterocycles. The molecule has 0 atom stereocenters. The van der Waals surface area contributed by atoms with Crippen LogP contribution >= 0.6 is 0 Å². The molecule has 0 heterocycles. The number of methoxy groups -OCH3 is 3. The maximum Gasteiger partial charge on any atom is 0.251 e. The SMILES string of the molecule is COc1cc(C(=O)NCC(=O)NCCCC(C)C)cc(OC)c1OC. The second-order valence-electron chi connectivity index (χ2n) is 5.98. The first-order valence-electron chi connectivity index (χ1n) is 8.27. The first kappa shape index (κ1) is 20.6. The maximum atomic E-state index is 12.3. The van der Waals surface area contributed by atoms with Crippen LogP contribution in [-0.2, 0) is 4.79 Å². The lowest BCUT2D eigenvalue weighted by Crippen LogP contribution is -2.37. The lowest BCUT2D eigenvalue weighted by Gasteiger charge is -2.14. The summed E-state index contributed by atoms with van der Waals surface area (Å²) in [6, 6.07) is 3.08. The molecule has 7 nitrogen and oxygen atoms in total. The number of rotatable bonds is 10. The molecule has 2 N–H and O–H groups in total. The molecule has 1 rings (SSSR count). The molecule has 7 heteroatoms. The topological polar surface area (TPSA) is 85.9 Å². The van der Waals surface area contributed by atoms with E-state index in [1.54, 1.807) is 0 Å². The Morgan fingerprint density at radius 3 is 2.08 bits per heavy atom. The van der Waals surface area contributed by atoms with Gasteiger partial charge < -0.3 is 24.8 Å². The van der Waals surface area contributed by atoms with Crippen LogP contribution in [-0.4, -0.2) is 46.2 Å². The minimum atomic E-state index is -0.392. The third kappa shape index (κ3) is 6.52. The normalized spacial score (nSPS) is 10.3. The zero-order valence-corrected chi connectivity index (χ0v) is 15.6. The summed E-state index contributed by atoms with van der Waals surface area (Å²) in [6.45, 7) is 4.80. The van der Waals surface area contributed by atoms with Crippen molar-refractivity contribution in [2.24, 2.45) is 5.92 Å². The van der Waals surface area contributed by atoms with Gasteiger partial charge in [0.15, 0.2) is 11.5 Å². The zero-order chi connectivity index (χ0) is 18.8. The molecule has 0 saturated carbocycles. The van der Waals surface area contributed by atoms with Crippen molar-refractivity contribution in [1.82, 2.24) is 10.6 Å². The van der Waals surface area contributed by atoms with Gasteiger partial charge in [0, 0.05) is 12.1 Å². The van der Waals surface area contributed by atoms with Crippen molar-refractivity contribution in [3.63, 3.8) is 0 Å². The van der Waals surface area contributed by atoms with E-state index in [-0.39, 0.29) is 12.5 Å². The summed E-state index contributed by atoms with van der Waals surface area (Å²) >= 11 is 0. The van der Waals surface area contributed by atoms with Crippen molar-refractivity contribution in [2.45, 2.75) is 26.7 Å². The summed E-state index contributed by atoms with van der Waals surface area (Å²) in [5, 5.41) is 5.37. The Balaban J connectivity index is 2.61. The molecule has 0 aliphatic heterocycles. The number of hydrogen-bond donors (Lipinski definition) is 2. The summed E-state index contributed by atoms with van der Waals surface area (Å²) in [5.74, 6) is 1.16. The predicted octanol–water partition coefficient (Wildman–Crippen LogP) is 1.99. The molecule has 0 aliphatic rings. The van der Waals surface area contributed by atoms with Crippen LogP contribution in [0.25, 0.3) is 0 Å². The summed E-state index contributed by atoms with van der Waals surface area (Å²) in [7, 11) is 4.44. The van der Waals surface area contributed by atoms with Crippen molar-refractivity contribution in [3.05, 3.63) is 17.7 Å². The van der Waals surface area contributed by atoms with Gasteiger partial charge in [0.1, 0.15) is 0 Å². The third-order valence-corrected chi connectivity index (χ3v) is 3.62. The summed E-state index contributed by atoms with van der Waals surface area (Å²) in [6.07, 6.45) is 1.97. The average molecular weight is 352 g/mol. The van der Waals surface area contributed by atoms with Crippen LogP contribution < -0.4 is 24.8 Å². The molecule has 2 amide bonds. The first-order valence-corrected chi connectivity index (χ1v) is 8.27. The molecule has 1 aromatic carbocycles. The van der Waals surface area contributed by atoms with E-state index in [1.165, 1.54) is 33.5 Å². The van der Waals surface area contributed by atoms with Gasteiger partial charge in [0.2, 0.25) is 11.7 Å². The van der Waals surface area contributed by atoms with Crippen LogP contribution in [0.15, 0.2) is 12.1 Å². The Morgan fingerprint density at radius 1 is 1.00 bits per heavy atom. The summed E-state index contributed by atoms with van der Waals surface area (Å²) < 4.78 is 15.6. The molecule has 0 fully saturated rings. The Hall–Kier alpha value is -2.44. The van der Waals surface area contributed by atoms with Crippen molar-refractivity contribution in [1.29, 1.82) is 0 Å². The van der Waals surface area contributed by atoms with Gasteiger partial charge in [0.05, 0.1) is 27.9 Å². The van der Waals surface area contributed by atoms with E-state index < -0.39 is 5.91 Å². The number of carbonyl (C=O) groups is 2. The molecular formula is C18H28N2O5. The van der Waals surface area contributed by atoms with Crippen LogP contribution in [0.3, 0.4) is 0 Å². The molecular weight excluding hydrogens is 324 g/mol. The number of benzene rings is 1. The Morgan fingerprint density at radius 2 is 1.60 bits per heavy atom. The Kier molecular flexibility index (Phi) is 8.60. The Labute approximate surface area is 149 Å². The molecule has 1 aromatic rings. The van der Waals surface area contributed by atoms with Gasteiger partial charge in [-0.3, -0.25) is 9.59 Å². The second kappa shape index (κ2) is 10.4. The highest BCUT2D eigenvalue weighted by molar-refractivity contribution is 5.97. The van der Waals surface area contributed by atoms with Gasteiger partial charge in [-0.25, -0.2) is 0 Å². The first-order chi connectivity index (χ1) is 11.9. The largest absolute Gasteiger partial charge is 0.493 e. The van der Waals surface area contributed by atoms with E-state index in [2.05, 4.69) is 24.5 Å². The van der Waals surface area contributed by atoms with Crippen LogP contribution in [0, 0.1) is 5.92 Å². The maximum absolute atomic E-state index is 12.3. The van der Waals surface area contributed by atoms with Crippen molar-refractivity contribution >= 4 is 11.8 Å². The van der Waals surface area contributed by atoms with Gasteiger partial charge in [-0.05, 0) is 30.9 Å². The fourth-order valence-corrected chi connectivity index (χ4v) is 2.28. The van der Waals surface area contributed by atoms with E-state index in [0.29, 0.717) is 35.3 Å². The summed E-state index contributed by atoms with van der Waals surface area (Å²) in [5.41, 5.74) is 0.321. The van der Waals surface area contributed by atoms with Gasteiger partial charge in [-0.15, -0.1) is 0 Å². The number of nitrogens with one attached hydrogen (secondary N) is 2. The monoisotopic (exact) mass is 352 g/mol. The highest BCUT2D eigenvalue weighted by atomic mass is 16.5. The van der Waals surface area contributed by atoms with Crippen molar-refractivity contribution in [2.75, 3.05) is 34.4 Å². The van der Waals surface area contributed by atoms with Crippen molar-refractivity contribution in [3.8, 4) is 17.2 Å². The summed E-state index contributed by atoms with van der Waals surface area (Å²) in [4.78, 5) is 24.0. The second-order valence-corrected chi connectivity index (χ2v) is 5.98. The smallest absolute Gasteiger partial charge is 0.251 e. The standard InChI is InChI=1S/C18H28N2O5/c1-12(2)7-6-8-19-16(21)11-20-18(22)13-9-14(23-3)17(25-5)15(10-13)24-4/h9-10,12H,6-8,11H2,1-5H3,(H,19,21)(H,20,22). The van der Waals surface area contributed by atoms with Crippen LogP contribution in [0.1, 0.15) is 37.0 Å². The zero-order valence-electron chi connectivity index (χ0n) is 15.6. The third-order valence-electron chi connectivity index (χ3n) is 3.62. The fourth-order valence-electron chi connectivity index (χ4n) is 2.28. The number of carbonyl (C=O) groups excluding carboxylic acids is 2. The van der Waals surface area contributed by atoms with Crippen LogP contribution in [0.4, 0.5) is 0 Å². The van der Waals surface area contributed by atoms with Gasteiger partial charge in [-0.2, -0.15) is 0 Å². The number of hydrogen-bond acceptors (Lipinski definition) is 5. The quantitative estimate of drug-likeness (QED) is 0.629. The number of amides is 2. The Bertz CT molecular complexity index is 562. The van der Waals surface area contributed by atoms with Crippen LogP contribution in [0.2, 0.25) is 0 Å². The van der Waals surface area contributed by atoms with Gasteiger partial charge in [-0.1, -0.05) is 13.8 Å². The molecule has 0 aliphatic carbocycles. The highest BCUT2D eigenvalue weighted by Crippen LogP contribution is 2.38.